The zero-order valence-electron chi connectivity index (χ0n) is 12.3. The van der Waals surface area contributed by atoms with Gasteiger partial charge in [-0.05, 0) is 31.7 Å². The number of fused-ring (bicyclic) bond motifs is 1. The van der Waals surface area contributed by atoms with Crippen LogP contribution in [-0.4, -0.2) is 21.7 Å². The fourth-order valence-corrected chi connectivity index (χ4v) is 4.17. The Morgan fingerprint density at radius 1 is 1.50 bits per heavy atom. The number of aryl methyl sites for hydroxylation is 2. The lowest BCUT2D eigenvalue weighted by Crippen LogP contribution is -2.37. The van der Waals surface area contributed by atoms with Crippen LogP contribution in [-0.2, 0) is 7.05 Å². The molecule has 0 radical (unpaired) electrons. The molecule has 3 rings (SSSR count). The summed E-state index contributed by atoms with van der Waals surface area (Å²) in [7, 11) is 1.93. The molecule has 0 saturated heterocycles. The molecule has 1 aliphatic carbocycles. The van der Waals surface area contributed by atoms with E-state index in [2.05, 4.69) is 17.3 Å². The highest BCUT2D eigenvalue weighted by molar-refractivity contribution is 7.20. The van der Waals surface area contributed by atoms with Crippen LogP contribution in [0, 0.1) is 12.8 Å². The molecular formula is C15H21N3OS. The molecule has 2 aromatic rings. The third kappa shape index (κ3) is 2.46. The minimum Gasteiger partial charge on any atom is -0.349 e. The molecule has 2 atom stereocenters. The standard InChI is InChI=1S/C15H21N3OS/c1-9-5-4-6-11(7-9)16-14(19)13-8-12-10(2)17-18(3)15(12)20-13/h8-9,11H,4-7H2,1-3H3,(H,16,19). The van der Waals surface area contributed by atoms with Crippen molar-refractivity contribution in [2.45, 2.75) is 45.6 Å². The Kier molecular flexibility index (Phi) is 3.54. The number of carbonyl (C=O) groups excluding carboxylic acids is 1. The van der Waals surface area contributed by atoms with E-state index >= 15 is 0 Å². The molecule has 2 heterocycles. The number of amides is 1. The Balaban J connectivity index is 1.76. The first kappa shape index (κ1) is 13.6. The van der Waals surface area contributed by atoms with Crippen molar-refractivity contribution in [2.24, 2.45) is 13.0 Å². The first-order chi connectivity index (χ1) is 9.54. The zero-order valence-corrected chi connectivity index (χ0v) is 13.1. The van der Waals surface area contributed by atoms with E-state index in [4.69, 9.17) is 0 Å². The number of hydrogen-bond acceptors (Lipinski definition) is 3. The van der Waals surface area contributed by atoms with Gasteiger partial charge < -0.3 is 5.32 Å². The number of nitrogens with one attached hydrogen (secondary N) is 1. The summed E-state index contributed by atoms with van der Waals surface area (Å²) in [6.07, 6.45) is 4.74. The van der Waals surface area contributed by atoms with Crippen molar-refractivity contribution in [2.75, 3.05) is 0 Å². The molecule has 0 aliphatic heterocycles. The Morgan fingerprint density at radius 2 is 2.30 bits per heavy atom. The number of aromatic nitrogens is 2. The number of thiophene rings is 1. The summed E-state index contributed by atoms with van der Waals surface area (Å²) < 4.78 is 1.86. The van der Waals surface area contributed by atoms with Crippen LogP contribution in [0.15, 0.2) is 6.07 Å². The first-order valence-corrected chi connectivity index (χ1v) is 8.10. The summed E-state index contributed by atoms with van der Waals surface area (Å²) in [4.78, 5) is 14.3. The normalized spacial score (nSPS) is 23.1. The largest absolute Gasteiger partial charge is 0.349 e. The quantitative estimate of drug-likeness (QED) is 0.923. The van der Waals surface area contributed by atoms with Crippen molar-refractivity contribution in [3.05, 3.63) is 16.6 Å². The van der Waals surface area contributed by atoms with E-state index in [1.165, 1.54) is 24.2 Å². The molecule has 2 aromatic heterocycles. The van der Waals surface area contributed by atoms with E-state index in [9.17, 15) is 4.79 Å². The van der Waals surface area contributed by atoms with Gasteiger partial charge in [0.2, 0.25) is 0 Å². The summed E-state index contributed by atoms with van der Waals surface area (Å²) in [5.74, 6) is 0.799. The van der Waals surface area contributed by atoms with E-state index in [0.29, 0.717) is 6.04 Å². The van der Waals surface area contributed by atoms with Gasteiger partial charge in [-0.3, -0.25) is 9.48 Å². The van der Waals surface area contributed by atoms with Gasteiger partial charge in [0.25, 0.3) is 5.91 Å². The third-order valence-electron chi connectivity index (χ3n) is 4.19. The minimum absolute atomic E-state index is 0.0738. The molecule has 2 unspecified atom stereocenters. The van der Waals surface area contributed by atoms with Gasteiger partial charge in [0.05, 0.1) is 10.6 Å². The second-order valence-electron chi connectivity index (χ2n) is 5.98. The van der Waals surface area contributed by atoms with Gasteiger partial charge in [-0.15, -0.1) is 11.3 Å². The molecular weight excluding hydrogens is 270 g/mol. The number of rotatable bonds is 2. The molecule has 1 fully saturated rings. The lowest BCUT2D eigenvalue weighted by molar-refractivity contribution is 0.0925. The van der Waals surface area contributed by atoms with Crippen molar-refractivity contribution in [1.29, 1.82) is 0 Å². The molecule has 1 amide bonds. The van der Waals surface area contributed by atoms with Gasteiger partial charge >= 0.3 is 0 Å². The summed E-state index contributed by atoms with van der Waals surface area (Å²) in [5, 5.41) is 8.67. The van der Waals surface area contributed by atoms with Crippen LogP contribution in [0.1, 0.15) is 48.0 Å². The average molecular weight is 291 g/mol. The van der Waals surface area contributed by atoms with Crippen LogP contribution >= 0.6 is 11.3 Å². The summed E-state index contributed by atoms with van der Waals surface area (Å²) >= 11 is 1.53. The van der Waals surface area contributed by atoms with Crippen LogP contribution in [0.4, 0.5) is 0 Å². The van der Waals surface area contributed by atoms with Crippen molar-refractivity contribution < 1.29 is 4.79 Å². The van der Waals surface area contributed by atoms with Crippen LogP contribution in [0.25, 0.3) is 10.2 Å². The molecule has 1 aliphatic rings. The maximum absolute atomic E-state index is 12.4. The third-order valence-corrected chi connectivity index (χ3v) is 5.39. The fraction of sp³-hybridized carbons (Fsp3) is 0.600. The molecule has 0 spiro atoms. The lowest BCUT2D eigenvalue weighted by atomic mass is 9.87. The van der Waals surface area contributed by atoms with Gasteiger partial charge in [-0.25, -0.2) is 0 Å². The van der Waals surface area contributed by atoms with Gasteiger partial charge in [-0.1, -0.05) is 19.8 Å². The molecule has 108 valence electrons. The molecule has 0 bridgehead atoms. The predicted octanol–water partition coefficient (Wildman–Crippen LogP) is 3.25. The molecule has 1 saturated carbocycles. The maximum atomic E-state index is 12.4. The highest BCUT2D eigenvalue weighted by Crippen LogP contribution is 2.28. The average Bonchev–Trinajstić information content (AvgIpc) is 2.92. The van der Waals surface area contributed by atoms with E-state index in [1.807, 2.05) is 24.7 Å². The fourth-order valence-electron chi connectivity index (χ4n) is 3.14. The second kappa shape index (κ2) is 5.20. The number of hydrogen-bond donors (Lipinski definition) is 1. The van der Waals surface area contributed by atoms with E-state index in [0.717, 1.165) is 39.5 Å². The summed E-state index contributed by atoms with van der Waals surface area (Å²) in [6, 6.07) is 2.32. The van der Waals surface area contributed by atoms with Gasteiger partial charge in [0.1, 0.15) is 4.83 Å². The molecule has 0 aromatic carbocycles. The number of nitrogens with zero attached hydrogens (tertiary/aromatic N) is 2. The van der Waals surface area contributed by atoms with Gasteiger partial charge in [0.15, 0.2) is 0 Å². The van der Waals surface area contributed by atoms with Gasteiger partial charge in [0, 0.05) is 18.5 Å². The molecule has 20 heavy (non-hydrogen) atoms. The highest BCUT2D eigenvalue weighted by Gasteiger charge is 2.22. The van der Waals surface area contributed by atoms with Crippen LogP contribution in [0.5, 0.6) is 0 Å². The summed E-state index contributed by atoms with van der Waals surface area (Å²) in [6.45, 7) is 4.26. The van der Waals surface area contributed by atoms with Crippen LogP contribution in [0.3, 0.4) is 0 Å². The van der Waals surface area contributed by atoms with Crippen molar-refractivity contribution in [3.8, 4) is 0 Å². The minimum atomic E-state index is 0.0738. The number of carbonyl (C=O) groups is 1. The monoisotopic (exact) mass is 291 g/mol. The molecule has 1 N–H and O–H groups in total. The topological polar surface area (TPSA) is 46.9 Å². The first-order valence-electron chi connectivity index (χ1n) is 7.28. The predicted molar refractivity (Wildman–Crippen MR) is 82.2 cm³/mol. The smallest absolute Gasteiger partial charge is 0.261 e. The SMILES string of the molecule is Cc1nn(C)c2sc(C(=O)NC3CCCC(C)C3)cc12. The van der Waals surface area contributed by atoms with Crippen LogP contribution < -0.4 is 5.32 Å². The van der Waals surface area contributed by atoms with Gasteiger partial charge in [-0.2, -0.15) is 5.10 Å². The molecule has 5 heteroatoms. The van der Waals surface area contributed by atoms with Crippen molar-refractivity contribution in [3.63, 3.8) is 0 Å². The van der Waals surface area contributed by atoms with E-state index < -0.39 is 0 Å². The Labute approximate surface area is 123 Å². The lowest BCUT2D eigenvalue weighted by Gasteiger charge is -2.27. The Hall–Kier alpha value is -1.36. The van der Waals surface area contributed by atoms with Crippen molar-refractivity contribution in [1.82, 2.24) is 15.1 Å². The highest BCUT2D eigenvalue weighted by atomic mass is 32.1. The maximum Gasteiger partial charge on any atom is 0.261 e. The van der Waals surface area contributed by atoms with Crippen molar-refractivity contribution >= 4 is 27.5 Å². The Morgan fingerprint density at radius 3 is 3.00 bits per heavy atom. The summed E-state index contributed by atoms with van der Waals surface area (Å²) in [5.41, 5.74) is 0.990. The zero-order chi connectivity index (χ0) is 14.3. The second-order valence-corrected chi connectivity index (χ2v) is 7.01. The van der Waals surface area contributed by atoms with E-state index in [-0.39, 0.29) is 5.91 Å². The van der Waals surface area contributed by atoms with Crippen LogP contribution in [0.2, 0.25) is 0 Å². The molecule has 4 nitrogen and oxygen atoms in total. The van der Waals surface area contributed by atoms with E-state index in [1.54, 1.807) is 0 Å². The Bertz CT molecular complexity index is 608.